The van der Waals surface area contributed by atoms with Crippen LogP contribution in [0.4, 0.5) is 0 Å². The smallest absolute Gasteiger partial charge is 0.243 e. The molecular formula is C16H24N2O3S. The largest absolute Gasteiger partial charge is 0.356 e. The van der Waals surface area contributed by atoms with E-state index in [0.717, 1.165) is 25.7 Å². The van der Waals surface area contributed by atoms with Gasteiger partial charge in [-0.15, -0.1) is 0 Å². The summed E-state index contributed by atoms with van der Waals surface area (Å²) in [5.74, 6) is -0.273. The Hall–Kier alpha value is -1.40. The van der Waals surface area contributed by atoms with Crippen molar-refractivity contribution in [2.45, 2.75) is 37.5 Å². The molecule has 1 amide bonds. The van der Waals surface area contributed by atoms with Gasteiger partial charge in [-0.1, -0.05) is 31.5 Å². The van der Waals surface area contributed by atoms with Gasteiger partial charge in [-0.05, 0) is 31.4 Å². The zero-order valence-corrected chi connectivity index (χ0v) is 13.8. The fraction of sp³-hybridized carbons (Fsp3) is 0.562. The molecular weight excluding hydrogens is 300 g/mol. The Morgan fingerprint density at radius 3 is 2.73 bits per heavy atom. The normalized spacial score (nSPS) is 19.8. The molecule has 1 aliphatic heterocycles. The van der Waals surface area contributed by atoms with Crippen molar-refractivity contribution < 1.29 is 13.2 Å². The number of sulfonamides is 1. The molecule has 6 heteroatoms. The summed E-state index contributed by atoms with van der Waals surface area (Å²) < 4.78 is 26.7. The molecule has 0 saturated carbocycles. The molecule has 0 bridgehead atoms. The Kier molecular flexibility index (Phi) is 5.97. The van der Waals surface area contributed by atoms with E-state index in [4.69, 9.17) is 0 Å². The van der Waals surface area contributed by atoms with E-state index >= 15 is 0 Å². The van der Waals surface area contributed by atoms with Crippen LogP contribution >= 0.6 is 0 Å². The molecule has 1 aliphatic rings. The first kappa shape index (κ1) is 17.0. The fourth-order valence-electron chi connectivity index (χ4n) is 2.65. The predicted octanol–water partition coefficient (Wildman–Crippen LogP) is 2.00. The number of carbonyl (C=O) groups is 1. The molecule has 1 aromatic rings. The highest BCUT2D eigenvalue weighted by atomic mass is 32.2. The average Bonchev–Trinajstić information content (AvgIpc) is 2.56. The number of nitrogens with zero attached hydrogens (tertiary/aromatic N) is 1. The van der Waals surface area contributed by atoms with Gasteiger partial charge >= 0.3 is 0 Å². The molecule has 2 rings (SSSR count). The van der Waals surface area contributed by atoms with Gasteiger partial charge in [0.15, 0.2) is 0 Å². The second-order valence-electron chi connectivity index (χ2n) is 5.66. The average molecular weight is 324 g/mol. The lowest BCUT2D eigenvalue weighted by Gasteiger charge is -2.31. The molecule has 1 heterocycles. The van der Waals surface area contributed by atoms with E-state index in [2.05, 4.69) is 12.2 Å². The minimum Gasteiger partial charge on any atom is -0.356 e. The van der Waals surface area contributed by atoms with Crippen LogP contribution in [0.25, 0.3) is 0 Å². The molecule has 1 N–H and O–H groups in total. The Balaban J connectivity index is 2.03. The molecule has 0 spiro atoms. The standard InChI is InChI=1S/C16H24N2O3S/c1-2-3-11-17-16(19)14-8-7-12-18(13-14)22(20,21)15-9-5-4-6-10-15/h4-6,9-10,14H,2-3,7-8,11-13H2,1H3,(H,17,19). The van der Waals surface area contributed by atoms with Crippen LogP contribution in [-0.2, 0) is 14.8 Å². The third-order valence-electron chi connectivity index (χ3n) is 3.97. The monoisotopic (exact) mass is 324 g/mol. The van der Waals surface area contributed by atoms with Crippen LogP contribution in [0.15, 0.2) is 35.2 Å². The minimum absolute atomic E-state index is 0.0265. The third-order valence-corrected chi connectivity index (χ3v) is 5.84. The summed E-state index contributed by atoms with van der Waals surface area (Å²) >= 11 is 0. The summed E-state index contributed by atoms with van der Waals surface area (Å²) in [6, 6.07) is 8.41. The van der Waals surface area contributed by atoms with E-state index in [9.17, 15) is 13.2 Å². The summed E-state index contributed by atoms with van der Waals surface area (Å²) in [7, 11) is -3.50. The van der Waals surface area contributed by atoms with Crippen LogP contribution in [0, 0.1) is 5.92 Å². The van der Waals surface area contributed by atoms with Gasteiger partial charge < -0.3 is 5.32 Å². The van der Waals surface area contributed by atoms with E-state index in [1.807, 2.05) is 0 Å². The third kappa shape index (κ3) is 4.08. The molecule has 5 nitrogen and oxygen atoms in total. The highest BCUT2D eigenvalue weighted by molar-refractivity contribution is 7.89. The zero-order chi connectivity index (χ0) is 16.0. The van der Waals surface area contributed by atoms with Crippen molar-refractivity contribution in [2.24, 2.45) is 5.92 Å². The summed E-state index contributed by atoms with van der Waals surface area (Å²) in [5.41, 5.74) is 0. The second kappa shape index (κ2) is 7.74. The van der Waals surface area contributed by atoms with Crippen molar-refractivity contribution in [1.29, 1.82) is 0 Å². The highest BCUT2D eigenvalue weighted by Crippen LogP contribution is 2.23. The van der Waals surface area contributed by atoms with E-state index in [1.54, 1.807) is 30.3 Å². The Morgan fingerprint density at radius 1 is 1.32 bits per heavy atom. The second-order valence-corrected chi connectivity index (χ2v) is 7.60. The van der Waals surface area contributed by atoms with Gasteiger partial charge in [0.25, 0.3) is 0 Å². The van der Waals surface area contributed by atoms with E-state index in [0.29, 0.717) is 18.0 Å². The molecule has 0 radical (unpaired) electrons. The van der Waals surface area contributed by atoms with Crippen molar-refractivity contribution in [1.82, 2.24) is 9.62 Å². The van der Waals surface area contributed by atoms with Crippen LogP contribution in [0.1, 0.15) is 32.6 Å². The van der Waals surface area contributed by atoms with Crippen LogP contribution < -0.4 is 5.32 Å². The predicted molar refractivity (Wildman–Crippen MR) is 85.8 cm³/mol. The number of piperidine rings is 1. The maximum atomic E-state index is 12.6. The highest BCUT2D eigenvalue weighted by Gasteiger charge is 2.32. The van der Waals surface area contributed by atoms with Crippen molar-refractivity contribution in [3.8, 4) is 0 Å². The first-order valence-corrected chi connectivity index (χ1v) is 9.32. The van der Waals surface area contributed by atoms with Crippen molar-refractivity contribution in [2.75, 3.05) is 19.6 Å². The van der Waals surface area contributed by atoms with Crippen LogP contribution in [0.3, 0.4) is 0 Å². The molecule has 122 valence electrons. The first-order valence-electron chi connectivity index (χ1n) is 7.88. The SMILES string of the molecule is CCCCNC(=O)C1CCCN(S(=O)(=O)c2ccccc2)C1. The lowest BCUT2D eigenvalue weighted by molar-refractivity contribution is -0.126. The van der Waals surface area contributed by atoms with Gasteiger partial charge in [0.05, 0.1) is 10.8 Å². The molecule has 1 aromatic carbocycles. The number of hydrogen-bond acceptors (Lipinski definition) is 3. The van der Waals surface area contributed by atoms with Crippen LogP contribution in [0.5, 0.6) is 0 Å². The topological polar surface area (TPSA) is 66.5 Å². The molecule has 1 atom stereocenters. The Bertz CT molecular complexity index is 587. The van der Waals surface area contributed by atoms with Gasteiger partial charge in [-0.3, -0.25) is 4.79 Å². The van der Waals surface area contributed by atoms with Gasteiger partial charge in [0, 0.05) is 19.6 Å². The lowest BCUT2D eigenvalue weighted by Crippen LogP contribution is -2.45. The van der Waals surface area contributed by atoms with Gasteiger partial charge in [-0.25, -0.2) is 8.42 Å². The summed E-state index contributed by atoms with van der Waals surface area (Å²) in [5, 5.41) is 2.90. The van der Waals surface area contributed by atoms with E-state index in [1.165, 1.54) is 4.31 Å². The zero-order valence-electron chi connectivity index (χ0n) is 13.0. The summed E-state index contributed by atoms with van der Waals surface area (Å²) in [6.07, 6.45) is 3.45. The number of unbranched alkanes of at least 4 members (excludes halogenated alkanes) is 1. The molecule has 1 saturated heterocycles. The molecule has 22 heavy (non-hydrogen) atoms. The van der Waals surface area contributed by atoms with Crippen molar-refractivity contribution >= 4 is 15.9 Å². The number of benzene rings is 1. The van der Waals surface area contributed by atoms with Crippen LogP contribution in [0.2, 0.25) is 0 Å². The molecule has 1 fully saturated rings. The number of carbonyl (C=O) groups excluding carboxylic acids is 1. The number of amides is 1. The maximum absolute atomic E-state index is 12.6. The summed E-state index contributed by atoms with van der Waals surface area (Å²) in [6.45, 7) is 3.49. The number of hydrogen-bond donors (Lipinski definition) is 1. The maximum Gasteiger partial charge on any atom is 0.243 e. The lowest BCUT2D eigenvalue weighted by atomic mass is 9.99. The van der Waals surface area contributed by atoms with Crippen molar-refractivity contribution in [3.63, 3.8) is 0 Å². The van der Waals surface area contributed by atoms with Crippen molar-refractivity contribution in [3.05, 3.63) is 30.3 Å². The van der Waals surface area contributed by atoms with E-state index in [-0.39, 0.29) is 18.4 Å². The number of rotatable bonds is 6. The summed E-state index contributed by atoms with van der Waals surface area (Å²) in [4.78, 5) is 12.4. The number of nitrogens with one attached hydrogen (secondary N) is 1. The quantitative estimate of drug-likeness (QED) is 0.814. The first-order chi connectivity index (χ1) is 10.6. The minimum atomic E-state index is -3.50. The van der Waals surface area contributed by atoms with Gasteiger partial charge in [0.2, 0.25) is 15.9 Å². The molecule has 0 aliphatic carbocycles. The fourth-order valence-corrected chi connectivity index (χ4v) is 4.19. The molecule has 0 aromatic heterocycles. The van der Waals surface area contributed by atoms with Gasteiger partial charge in [-0.2, -0.15) is 4.31 Å². The Morgan fingerprint density at radius 2 is 2.05 bits per heavy atom. The Labute approximate surface area is 132 Å². The molecule has 1 unspecified atom stereocenters. The van der Waals surface area contributed by atoms with Crippen LogP contribution in [-0.4, -0.2) is 38.3 Å². The van der Waals surface area contributed by atoms with E-state index < -0.39 is 10.0 Å². The van der Waals surface area contributed by atoms with Gasteiger partial charge in [0.1, 0.15) is 0 Å².